The second-order valence-corrected chi connectivity index (χ2v) is 17.5. The molecule has 0 atom stereocenters. The molecule has 0 fully saturated rings. The Hall–Kier alpha value is 0.388. The van der Waals surface area contributed by atoms with Gasteiger partial charge in [-0.2, -0.15) is 0 Å². The van der Waals surface area contributed by atoms with Crippen molar-refractivity contribution < 1.29 is 52.2 Å². The molecule has 0 spiro atoms. The van der Waals surface area contributed by atoms with Crippen LogP contribution in [-0.2, 0) is 52.2 Å². The number of hydrogen-bond acceptors (Lipinski definition) is 12. The van der Waals surface area contributed by atoms with Crippen LogP contribution in [0.15, 0.2) is 0 Å². The zero-order valence-corrected chi connectivity index (χ0v) is 25.1. The summed E-state index contributed by atoms with van der Waals surface area (Å²) in [5, 5.41) is 0. The van der Waals surface area contributed by atoms with Gasteiger partial charge in [-0.1, -0.05) is 32.6 Å². The standard InChI is InChI=1S/C16H42O12Si4/c1-11-12-13-14-15-16-29(26-30(17-2,18-3)19-4,27-31(20-5,21-6)22-7)28-32(23-8,24-9)25-10/h11-16H2,1-10H3. The quantitative estimate of drug-likeness (QED) is 0.157. The normalized spacial score (nSPS) is 13.7. The molecule has 0 heterocycles. The van der Waals surface area contributed by atoms with Crippen LogP contribution in [0, 0.1) is 0 Å². The maximum atomic E-state index is 6.36. The van der Waals surface area contributed by atoms with Crippen molar-refractivity contribution in [3.05, 3.63) is 0 Å². The SMILES string of the molecule is CCCCCCC[Si](O[Si](OC)(OC)OC)(O[Si](OC)(OC)OC)O[Si](OC)(OC)OC. The first-order valence-electron chi connectivity index (χ1n) is 10.3. The molecule has 0 N–H and O–H groups in total. The molecule has 0 aromatic rings. The molecule has 0 bridgehead atoms. The second-order valence-electron chi connectivity index (χ2n) is 6.49. The third-order valence-corrected chi connectivity index (χ3v) is 16.9. The molecule has 0 aliphatic heterocycles. The molecule has 0 aliphatic rings. The average molecular weight is 539 g/mol. The lowest BCUT2D eigenvalue weighted by Gasteiger charge is -2.41. The van der Waals surface area contributed by atoms with Gasteiger partial charge in [0, 0.05) is 70.0 Å². The molecule has 12 nitrogen and oxygen atoms in total. The summed E-state index contributed by atoms with van der Waals surface area (Å²) in [4.78, 5) is 0. The van der Waals surface area contributed by atoms with Crippen molar-refractivity contribution in [1.29, 1.82) is 0 Å². The van der Waals surface area contributed by atoms with Crippen LogP contribution in [-0.4, -0.2) is 99.9 Å². The smallest absolute Gasteiger partial charge is 0.355 e. The average Bonchev–Trinajstić information content (AvgIpc) is 2.84. The van der Waals surface area contributed by atoms with Gasteiger partial charge >= 0.3 is 35.9 Å². The summed E-state index contributed by atoms with van der Waals surface area (Å²) >= 11 is 0. The van der Waals surface area contributed by atoms with E-state index >= 15 is 0 Å². The lowest BCUT2D eigenvalue weighted by Crippen LogP contribution is -2.69. The van der Waals surface area contributed by atoms with Gasteiger partial charge in [-0.05, 0) is 6.42 Å². The first-order chi connectivity index (χ1) is 15.2. The first-order valence-corrected chi connectivity index (χ1v) is 17.1. The van der Waals surface area contributed by atoms with E-state index in [2.05, 4.69) is 6.92 Å². The zero-order chi connectivity index (χ0) is 24.7. The molecule has 0 radical (unpaired) electrons. The third-order valence-electron chi connectivity index (χ3n) is 4.68. The second kappa shape index (κ2) is 16.1. The predicted molar refractivity (Wildman–Crippen MR) is 123 cm³/mol. The fraction of sp³-hybridized carbons (Fsp3) is 1.00. The molecule has 0 unspecified atom stereocenters. The Bertz CT molecular complexity index is 398. The van der Waals surface area contributed by atoms with Crippen LogP contribution in [0.25, 0.3) is 0 Å². The van der Waals surface area contributed by atoms with Crippen molar-refractivity contribution in [2.75, 3.05) is 64.0 Å². The minimum absolute atomic E-state index is 0.331. The van der Waals surface area contributed by atoms with Crippen LogP contribution in [0.5, 0.6) is 0 Å². The van der Waals surface area contributed by atoms with E-state index in [1.165, 1.54) is 64.0 Å². The van der Waals surface area contributed by atoms with Crippen molar-refractivity contribution in [3.8, 4) is 0 Å². The Morgan fingerprint density at radius 1 is 0.406 bits per heavy atom. The van der Waals surface area contributed by atoms with Crippen LogP contribution in [0.3, 0.4) is 0 Å². The third kappa shape index (κ3) is 9.21. The molecule has 32 heavy (non-hydrogen) atoms. The first kappa shape index (κ1) is 32.4. The molecule has 0 rings (SSSR count). The molecule has 0 aromatic heterocycles. The maximum absolute atomic E-state index is 6.36. The summed E-state index contributed by atoms with van der Waals surface area (Å²) < 4.78 is 68.6. The highest BCUT2D eigenvalue weighted by atomic mass is 28.5. The van der Waals surface area contributed by atoms with Crippen molar-refractivity contribution in [2.24, 2.45) is 0 Å². The zero-order valence-electron chi connectivity index (χ0n) is 21.1. The van der Waals surface area contributed by atoms with Gasteiger partial charge in [0.05, 0.1) is 0 Å². The highest BCUT2D eigenvalue weighted by Crippen LogP contribution is 2.32. The lowest BCUT2D eigenvalue weighted by atomic mass is 10.2. The van der Waals surface area contributed by atoms with Gasteiger partial charge in [0.2, 0.25) is 0 Å². The van der Waals surface area contributed by atoms with Gasteiger partial charge < -0.3 is 52.2 Å². The lowest BCUT2D eigenvalue weighted by molar-refractivity contribution is -0.0260. The van der Waals surface area contributed by atoms with Gasteiger partial charge in [-0.25, -0.2) is 0 Å². The molecule has 0 saturated heterocycles. The van der Waals surface area contributed by atoms with E-state index in [0.717, 1.165) is 25.7 Å². The van der Waals surface area contributed by atoms with E-state index in [4.69, 9.17) is 52.2 Å². The van der Waals surface area contributed by atoms with Crippen LogP contribution in [0.2, 0.25) is 6.04 Å². The van der Waals surface area contributed by atoms with Crippen LogP contribution in [0.4, 0.5) is 0 Å². The largest absolute Gasteiger partial charge is 0.671 e. The highest BCUT2D eigenvalue weighted by Gasteiger charge is 2.65. The summed E-state index contributed by atoms with van der Waals surface area (Å²) in [5.41, 5.74) is 0. The van der Waals surface area contributed by atoms with E-state index in [1.807, 2.05) is 0 Å². The monoisotopic (exact) mass is 538 g/mol. The van der Waals surface area contributed by atoms with E-state index in [9.17, 15) is 0 Å². The van der Waals surface area contributed by atoms with Gasteiger partial charge in [0.15, 0.2) is 0 Å². The molecular formula is C16H42O12Si4. The van der Waals surface area contributed by atoms with Crippen molar-refractivity contribution in [2.45, 2.75) is 45.1 Å². The van der Waals surface area contributed by atoms with E-state index in [0.29, 0.717) is 12.5 Å². The van der Waals surface area contributed by atoms with Crippen LogP contribution in [0.1, 0.15) is 39.0 Å². The number of rotatable bonds is 21. The molecule has 194 valence electrons. The topological polar surface area (TPSA) is 111 Å². The Balaban J connectivity index is 6.42. The summed E-state index contributed by atoms with van der Waals surface area (Å²) in [5.74, 6) is 0. The Labute approximate surface area is 197 Å². The van der Waals surface area contributed by atoms with Gasteiger partial charge in [0.1, 0.15) is 0 Å². The van der Waals surface area contributed by atoms with E-state index < -0.39 is 35.9 Å². The molecule has 0 aromatic carbocycles. The van der Waals surface area contributed by atoms with Crippen LogP contribution < -0.4 is 0 Å². The van der Waals surface area contributed by atoms with Crippen molar-refractivity contribution in [3.63, 3.8) is 0 Å². The number of hydrogen-bond donors (Lipinski definition) is 0. The minimum atomic E-state index is -3.89. The minimum Gasteiger partial charge on any atom is -0.355 e. The Morgan fingerprint density at radius 2 is 0.688 bits per heavy atom. The number of unbranched alkanes of at least 4 members (excludes halogenated alkanes) is 4. The van der Waals surface area contributed by atoms with Crippen molar-refractivity contribution in [1.82, 2.24) is 0 Å². The highest BCUT2D eigenvalue weighted by molar-refractivity contribution is 6.82. The predicted octanol–water partition coefficient (Wildman–Crippen LogP) is 2.07. The molecule has 0 aliphatic carbocycles. The summed E-state index contributed by atoms with van der Waals surface area (Å²) in [6.07, 6.45) is 4.90. The molecule has 0 amide bonds. The van der Waals surface area contributed by atoms with Crippen molar-refractivity contribution >= 4 is 35.9 Å². The maximum Gasteiger partial charge on any atom is 0.671 e. The van der Waals surface area contributed by atoms with Gasteiger partial charge in [-0.15, -0.1) is 0 Å². The fourth-order valence-electron chi connectivity index (χ4n) is 2.86. The van der Waals surface area contributed by atoms with E-state index in [1.54, 1.807) is 0 Å². The summed E-state index contributed by atoms with van der Waals surface area (Å²) in [6, 6.07) is 0.331. The van der Waals surface area contributed by atoms with Gasteiger partial charge in [-0.3, -0.25) is 0 Å². The molecular weight excluding hydrogens is 497 g/mol. The van der Waals surface area contributed by atoms with Crippen LogP contribution >= 0.6 is 0 Å². The fourth-order valence-corrected chi connectivity index (χ4v) is 15.5. The van der Waals surface area contributed by atoms with Gasteiger partial charge in [0.25, 0.3) is 0 Å². The summed E-state index contributed by atoms with van der Waals surface area (Å²) in [7, 11) is -2.18. The summed E-state index contributed by atoms with van der Waals surface area (Å²) in [6.45, 7) is 2.15. The van der Waals surface area contributed by atoms with E-state index in [-0.39, 0.29) is 0 Å². The molecule has 0 saturated carbocycles. The Morgan fingerprint density at radius 3 is 0.938 bits per heavy atom. The molecule has 16 heteroatoms. The Kier molecular flexibility index (Phi) is 16.3.